The Bertz CT molecular complexity index is 1130. The van der Waals surface area contributed by atoms with Crippen LogP contribution in [0, 0.1) is 0 Å². The number of methoxy groups -OCH3 is 1. The second kappa shape index (κ2) is 10.9. The molecule has 10 heteroatoms. The van der Waals surface area contributed by atoms with E-state index in [0.717, 1.165) is 22.2 Å². The lowest BCUT2D eigenvalue weighted by Gasteiger charge is -2.28. The first kappa shape index (κ1) is 24.1. The summed E-state index contributed by atoms with van der Waals surface area (Å²) < 4.78 is 16.5. The minimum atomic E-state index is -0.491. The van der Waals surface area contributed by atoms with Crippen LogP contribution in [0.2, 0.25) is 5.02 Å². The SMILES string of the molecule is COc1cc(/C=C2/SC(=O)N(CC(=O)N3CCOCC3)C2=O)ccc1OCc1ccccc1Cl. The molecule has 2 fully saturated rings. The Labute approximate surface area is 206 Å². The number of morpholine rings is 1. The lowest BCUT2D eigenvalue weighted by atomic mass is 10.1. The second-order valence-electron chi connectivity index (χ2n) is 7.55. The van der Waals surface area contributed by atoms with Gasteiger partial charge < -0.3 is 19.1 Å². The fourth-order valence-electron chi connectivity index (χ4n) is 3.50. The van der Waals surface area contributed by atoms with Gasteiger partial charge in [0.15, 0.2) is 11.5 Å². The fourth-order valence-corrected chi connectivity index (χ4v) is 4.53. The predicted molar refractivity (Wildman–Crippen MR) is 129 cm³/mol. The lowest BCUT2D eigenvalue weighted by molar-refractivity contribution is -0.139. The van der Waals surface area contributed by atoms with E-state index in [4.69, 9.17) is 25.8 Å². The number of hydrogen-bond donors (Lipinski definition) is 0. The number of amides is 3. The first-order chi connectivity index (χ1) is 16.5. The average molecular weight is 503 g/mol. The number of hydrogen-bond acceptors (Lipinski definition) is 7. The molecule has 8 nitrogen and oxygen atoms in total. The monoisotopic (exact) mass is 502 g/mol. The third-order valence-corrected chi connectivity index (χ3v) is 6.63. The van der Waals surface area contributed by atoms with Crippen molar-refractivity contribution in [2.45, 2.75) is 6.61 Å². The normalized spacial score (nSPS) is 17.4. The van der Waals surface area contributed by atoms with Crippen molar-refractivity contribution < 1.29 is 28.6 Å². The van der Waals surface area contributed by atoms with Crippen LogP contribution >= 0.6 is 23.4 Å². The molecule has 0 radical (unpaired) electrons. The van der Waals surface area contributed by atoms with Gasteiger partial charge in [-0.25, -0.2) is 0 Å². The van der Waals surface area contributed by atoms with Gasteiger partial charge in [0.1, 0.15) is 13.2 Å². The number of carbonyl (C=O) groups is 3. The number of nitrogens with zero attached hydrogens (tertiary/aromatic N) is 2. The Morgan fingerprint density at radius 3 is 2.65 bits per heavy atom. The maximum absolute atomic E-state index is 12.8. The summed E-state index contributed by atoms with van der Waals surface area (Å²) in [4.78, 5) is 40.5. The molecule has 0 atom stereocenters. The minimum absolute atomic E-state index is 0.242. The van der Waals surface area contributed by atoms with Gasteiger partial charge >= 0.3 is 0 Å². The third-order valence-electron chi connectivity index (χ3n) is 5.36. The van der Waals surface area contributed by atoms with Crippen LogP contribution in [-0.4, -0.2) is 66.8 Å². The van der Waals surface area contributed by atoms with Gasteiger partial charge in [-0.2, -0.15) is 0 Å². The van der Waals surface area contributed by atoms with Crippen molar-refractivity contribution in [3.63, 3.8) is 0 Å². The number of imide groups is 1. The van der Waals surface area contributed by atoms with E-state index >= 15 is 0 Å². The van der Waals surface area contributed by atoms with Gasteiger partial charge in [-0.3, -0.25) is 19.3 Å². The molecule has 0 spiro atoms. The third kappa shape index (κ3) is 5.55. The van der Waals surface area contributed by atoms with Crippen LogP contribution in [0.25, 0.3) is 6.08 Å². The molecular formula is C24H23ClN2O6S. The summed E-state index contributed by atoms with van der Waals surface area (Å²) in [6.45, 7) is 1.80. The van der Waals surface area contributed by atoms with Crippen LogP contribution in [0.1, 0.15) is 11.1 Å². The molecule has 0 aliphatic carbocycles. The molecule has 0 saturated carbocycles. The molecule has 0 unspecified atom stereocenters. The number of thioether (sulfide) groups is 1. The van der Waals surface area contributed by atoms with Crippen molar-refractivity contribution in [3.8, 4) is 11.5 Å². The van der Waals surface area contributed by atoms with Gasteiger partial charge in [0, 0.05) is 23.7 Å². The smallest absolute Gasteiger partial charge is 0.294 e. The maximum Gasteiger partial charge on any atom is 0.294 e. The van der Waals surface area contributed by atoms with Crippen molar-refractivity contribution in [3.05, 3.63) is 63.5 Å². The quantitative estimate of drug-likeness (QED) is 0.532. The zero-order valence-electron chi connectivity index (χ0n) is 18.5. The molecule has 2 aromatic carbocycles. The van der Waals surface area contributed by atoms with Crippen LogP contribution in [0.5, 0.6) is 11.5 Å². The van der Waals surface area contributed by atoms with Crippen LogP contribution < -0.4 is 9.47 Å². The number of rotatable bonds is 7. The molecule has 2 aliphatic heterocycles. The Hall–Kier alpha value is -3.01. The van der Waals surface area contributed by atoms with E-state index in [1.807, 2.05) is 18.2 Å². The van der Waals surface area contributed by atoms with E-state index in [9.17, 15) is 14.4 Å². The molecule has 34 heavy (non-hydrogen) atoms. The van der Waals surface area contributed by atoms with Crippen LogP contribution in [0.3, 0.4) is 0 Å². The van der Waals surface area contributed by atoms with Crippen LogP contribution in [-0.2, 0) is 20.9 Å². The summed E-state index contributed by atoms with van der Waals surface area (Å²) in [7, 11) is 1.52. The maximum atomic E-state index is 12.8. The highest BCUT2D eigenvalue weighted by atomic mass is 35.5. The lowest BCUT2D eigenvalue weighted by Crippen LogP contribution is -2.46. The summed E-state index contributed by atoms with van der Waals surface area (Å²) >= 11 is 6.99. The summed E-state index contributed by atoms with van der Waals surface area (Å²) in [6, 6.07) is 12.6. The van der Waals surface area contributed by atoms with E-state index in [1.165, 1.54) is 7.11 Å². The largest absolute Gasteiger partial charge is 0.493 e. The minimum Gasteiger partial charge on any atom is -0.493 e. The van der Waals surface area contributed by atoms with E-state index in [1.54, 1.807) is 35.2 Å². The summed E-state index contributed by atoms with van der Waals surface area (Å²) in [6.07, 6.45) is 1.60. The molecule has 2 aromatic rings. The Kier molecular flexibility index (Phi) is 7.77. The fraction of sp³-hybridized carbons (Fsp3) is 0.292. The summed E-state index contributed by atoms with van der Waals surface area (Å²) in [5.74, 6) is 0.231. The number of carbonyl (C=O) groups excluding carboxylic acids is 3. The zero-order chi connectivity index (χ0) is 24.1. The number of halogens is 1. The molecule has 0 aromatic heterocycles. The van der Waals surface area contributed by atoms with E-state index in [2.05, 4.69) is 0 Å². The first-order valence-corrected chi connectivity index (χ1v) is 11.8. The molecule has 178 valence electrons. The van der Waals surface area contributed by atoms with Gasteiger partial charge in [-0.15, -0.1) is 0 Å². The summed E-state index contributed by atoms with van der Waals surface area (Å²) in [5, 5.41) is 0.144. The van der Waals surface area contributed by atoms with Gasteiger partial charge in [0.2, 0.25) is 5.91 Å². The van der Waals surface area contributed by atoms with Crippen LogP contribution in [0.4, 0.5) is 4.79 Å². The molecule has 0 bridgehead atoms. The van der Waals surface area contributed by atoms with Gasteiger partial charge in [-0.1, -0.05) is 35.9 Å². The zero-order valence-corrected chi connectivity index (χ0v) is 20.1. The van der Waals surface area contributed by atoms with Gasteiger partial charge in [-0.05, 0) is 41.6 Å². The van der Waals surface area contributed by atoms with E-state index in [0.29, 0.717) is 48.4 Å². The molecule has 0 N–H and O–H groups in total. The highest BCUT2D eigenvalue weighted by Gasteiger charge is 2.37. The Balaban J connectivity index is 1.44. The van der Waals surface area contributed by atoms with Crippen molar-refractivity contribution in [2.75, 3.05) is 40.0 Å². The topological polar surface area (TPSA) is 85.4 Å². The molecular weight excluding hydrogens is 480 g/mol. The average Bonchev–Trinajstić information content (AvgIpc) is 3.11. The van der Waals surface area contributed by atoms with Crippen molar-refractivity contribution in [1.29, 1.82) is 0 Å². The van der Waals surface area contributed by atoms with Crippen molar-refractivity contribution >= 4 is 46.5 Å². The molecule has 2 heterocycles. The van der Waals surface area contributed by atoms with Crippen molar-refractivity contribution in [1.82, 2.24) is 9.80 Å². The van der Waals surface area contributed by atoms with Gasteiger partial charge in [0.05, 0.1) is 25.2 Å². The number of benzene rings is 2. The van der Waals surface area contributed by atoms with Crippen LogP contribution in [0.15, 0.2) is 47.4 Å². The predicted octanol–water partition coefficient (Wildman–Crippen LogP) is 3.82. The van der Waals surface area contributed by atoms with E-state index < -0.39 is 11.1 Å². The van der Waals surface area contributed by atoms with E-state index in [-0.39, 0.29) is 24.0 Å². The molecule has 3 amide bonds. The first-order valence-electron chi connectivity index (χ1n) is 10.6. The van der Waals surface area contributed by atoms with Crippen molar-refractivity contribution in [2.24, 2.45) is 0 Å². The summed E-state index contributed by atoms with van der Waals surface area (Å²) in [5.41, 5.74) is 1.50. The molecule has 2 saturated heterocycles. The highest BCUT2D eigenvalue weighted by Crippen LogP contribution is 2.35. The standard InChI is InChI=1S/C24H23ClN2O6S/c1-31-20-12-16(6-7-19(20)33-15-17-4-2-3-5-18(17)25)13-21-23(29)27(24(30)34-21)14-22(28)26-8-10-32-11-9-26/h2-7,12-13H,8-11,14-15H2,1H3/b21-13+. The molecule has 2 aliphatic rings. The van der Waals surface area contributed by atoms with Gasteiger partial charge in [0.25, 0.3) is 11.1 Å². The Morgan fingerprint density at radius 2 is 1.91 bits per heavy atom. The second-order valence-corrected chi connectivity index (χ2v) is 8.95. The Morgan fingerprint density at radius 1 is 1.15 bits per heavy atom. The molecule has 4 rings (SSSR count). The number of ether oxygens (including phenoxy) is 3. The highest BCUT2D eigenvalue weighted by molar-refractivity contribution is 8.18.